The van der Waals surface area contributed by atoms with Crippen LogP contribution in [0.3, 0.4) is 0 Å². The van der Waals surface area contributed by atoms with Gasteiger partial charge in [-0.15, -0.1) is 0 Å². The Kier molecular flexibility index (Phi) is 4.68. The normalized spacial score (nSPS) is 23.0. The largest absolute Gasteiger partial charge is 0.487 e. The van der Waals surface area contributed by atoms with Gasteiger partial charge in [0.05, 0.1) is 11.5 Å². The number of fused-ring (bicyclic) bond motifs is 1. The number of hydrogen-bond acceptors (Lipinski definition) is 3. The van der Waals surface area contributed by atoms with Crippen molar-refractivity contribution < 1.29 is 14.3 Å². The van der Waals surface area contributed by atoms with Gasteiger partial charge in [-0.05, 0) is 38.3 Å². The van der Waals surface area contributed by atoms with Gasteiger partial charge in [-0.2, -0.15) is 0 Å². The second-order valence-corrected chi connectivity index (χ2v) is 8.19. The lowest BCUT2D eigenvalue weighted by atomic mass is 9.73. The molecule has 142 valence electrons. The molecule has 1 unspecified atom stereocenters. The molecule has 1 amide bonds. The highest BCUT2D eigenvalue weighted by atomic mass is 16.5. The lowest BCUT2D eigenvalue weighted by Gasteiger charge is -2.41. The highest BCUT2D eigenvalue weighted by molar-refractivity contribution is 5.88. The van der Waals surface area contributed by atoms with Crippen molar-refractivity contribution in [1.29, 1.82) is 0 Å². The highest BCUT2D eigenvalue weighted by Crippen LogP contribution is 2.41. The molecule has 2 aromatic carbocycles. The van der Waals surface area contributed by atoms with E-state index in [0.29, 0.717) is 26.1 Å². The Morgan fingerprint density at radius 1 is 1.00 bits per heavy atom. The molecule has 0 bridgehead atoms. The van der Waals surface area contributed by atoms with Crippen LogP contribution >= 0.6 is 0 Å². The van der Waals surface area contributed by atoms with Gasteiger partial charge in [-0.25, -0.2) is 0 Å². The Balaban J connectivity index is 1.66. The molecule has 4 nitrogen and oxygen atoms in total. The molecule has 0 saturated carbocycles. The summed E-state index contributed by atoms with van der Waals surface area (Å²) in [5.74, 6) is 0.953. The molecule has 2 aliphatic heterocycles. The van der Waals surface area contributed by atoms with Crippen LogP contribution in [0.2, 0.25) is 0 Å². The Morgan fingerprint density at radius 2 is 1.67 bits per heavy atom. The van der Waals surface area contributed by atoms with Gasteiger partial charge >= 0.3 is 0 Å². The number of hydrogen-bond donors (Lipinski definition) is 1. The molecule has 2 heterocycles. The quantitative estimate of drug-likeness (QED) is 0.889. The lowest BCUT2D eigenvalue weighted by molar-refractivity contribution is -0.131. The molecule has 27 heavy (non-hydrogen) atoms. The van der Waals surface area contributed by atoms with Crippen molar-refractivity contribution in [2.24, 2.45) is 0 Å². The topological polar surface area (TPSA) is 47.6 Å². The summed E-state index contributed by atoms with van der Waals surface area (Å²) >= 11 is 0. The van der Waals surface area contributed by atoms with E-state index in [1.54, 1.807) is 0 Å². The predicted molar refractivity (Wildman–Crippen MR) is 105 cm³/mol. The summed E-state index contributed by atoms with van der Waals surface area (Å²) in [5.41, 5.74) is 1.28. The van der Waals surface area contributed by atoms with E-state index in [9.17, 15) is 4.79 Å². The zero-order valence-electron chi connectivity index (χ0n) is 16.0. The van der Waals surface area contributed by atoms with Crippen LogP contribution in [0.25, 0.3) is 0 Å². The molecule has 0 spiro atoms. The molecular formula is C23H27NO3. The van der Waals surface area contributed by atoms with Gasteiger partial charge in [0.2, 0.25) is 5.91 Å². The average molecular weight is 365 g/mol. The number of rotatable bonds is 3. The molecule has 1 saturated heterocycles. The zero-order valence-corrected chi connectivity index (χ0v) is 16.0. The molecular weight excluding hydrogens is 338 g/mol. The molecule has 1 atom stereocenters. The number of nitrogens with one attached hydrogen (secondary N) is 1. The minimum absolute atomic E-state index is 0.0547. The smallest absolute Gasteiger partial charge is 0.231 e. The molecule has 0 aliphatic carbocycles. The van der Waals surface area contributed by atoms with Gasteiger partial charge in [-0.1, -0.05) is 48.5 Å². The molecule has 1 N–H and O–H groups in total. The van der Waals surface area contributed by atoms with Crippen LogP contribution in [-0.2, 0) is 14.9 Å². The first-order valence-electron chi connectivity index (χ1n) is 9.72. The number of ether oxygens (including phenoxy) is 2. The maximum Gasteiger partial charge on any atom is 0.231 e. The number of carbonyl (C=O) groups excluding carboxylic acids is 1. The maximum absolute atomic E-state index is 13.6. The van der Waals surface area contributed by atoms with Crippen molar-refractivity contribution >= 4 is 5.91 Å². The van der Waals surface area contributed by atoms with Crippen LogP contribution in [0.4, 0.5) is 0 Å². The summed E-state index contributed by atoms with van der Waals surface area (Å²) in [6, 6.07) is 18.1. The van der Waals surface area contributed by atoms with Gasteiger partial charge in [0.15, 0.2) is 0 Å². The van der Waals surface area contributed by atoms with Crippen molar-refractivity contribution in [2.75, 3.05) is 13.2 Å². The first kappa shape index (κ1) is 18.1. The highest BCUT2D eigenvalue weighted by Gasteiger charge is 2.44. The van der Waals surface area contributed by atoms with Gasteiger partial charge in [0.25, 0.3) is 0 Å². The van der Waals surface area contributed by atoms with E-state index in [1.807, 2.05) is 36.4 Å². The van der Waals surface area contributed by atoms with E-state index in [4.69, 9.17) is 9.47 Å². The fourth-order valence-corrected chi connectivity index (χ4v) is 4.35. The molecule has 4 rings (SSSR count). The molecule has 0 radical (unpaired) electrons. The van der Waals surface area contributed by atoms with Crippen molar-refractivity contribution in [1.82, 2.24) is 5.32 Å². The van der Waals surface area contributed by atoms with Crippen LogP contribution in [0.15, 0.2) is 54.6 Å². The standard InChI is InChI=1S/C23H27NO3/c1-22(2)16-19(18-10-6-7-11-20(18)27-22)24-21(25)23(12-14-26-15-13-23)17-8-4-3-5-9-17/h3-11,19H,12-16H2,1-2H3,(H,24,25). The Labute approximate surface area is 160 Å². The first-order chi connectivity index (χ1) is 13.0. The summed E-state index contributed by atoms with van der Waals surface area (Å²) in [6.45, 7) is 5.36. The molecule has 2 aromatic rings. The predicted octanol–water partition coefficient (Wildman–Crippen LogP) is 4.15. The zero-order chi connectivity index (χ0) is 18.9. The molecule has 0 aromatic heterocycles. The van der Waals surface area contributed by atoms with Crippen LogP contribution in [-0.4, -0.2) is 24.7 Å². The van der Waals surface area contributed by atoms with E-state index in [0.717, 1.165) is 23.3 Å². The molecule has 1 fully saturated rings. The van der Waals surface area contributed by atoms with E-state index in [2.05, 4.69) is 37.4 Å². The minimum Gasteiger partial charge on any atom is -0.487 e. The summed E-state index contributed by atoms with van der Waals surface area (Å²) in [5, 5.41) is 3.37. The van der Waals surface area contributed by atoms with Crippen LogP contribution in [0.5, 0.6) is 5.75 Å². The van der Waals surface area contributed by atoms with Crippen LogP contribution in [0, 0.1) is 0 Å². The fourth-order valence-electron chi connectivity index (χ4n) is 4.35. The van der Waals surface area contributed by atoms with Gasteiger partial charge in [0, 0.05) is 25.2 Å². The van der Waals surface area contributed by atoms with Crippen molar-refractivity contribution in [2.45, 2.75) is 50.2 Å². The monoisotopic (exact) mass is 365 g/mol. The second-order valence-electron chi connectivity index (χ2n) is 8.19. The second kappa shape index (κ2) is 7.01. The Morgan fingerprint density at radius 3 is 2.41 bits per heavy atom. The van der Waals surface area contributed by atoms with Gasteiger partial charge in [-0.3, -0.25) is 4.79 Å². The summed E-state index contributed by atoms with van der Waals surface area (Å²) < 4.78 is 11.7. The molecule has 4 heteroatoms. The number of para-hydroxylation sites is 1. The first-order valence-corrected chi connectivity index (χ1v) is 9.72. The van der Waals surface area contributed by atoms with Gasteiger partial charge < -0.3 is 14.8 Å². The van der Waals surface area contributed by atoms with E-state index in [1.165, 1.54) is 0 Å². The van der Waals surface area contributed by atoms with Crippen molar-refractivity contribution in [3.05, 3.63) is 65.7 Å². The average Bonchev–Trinajstić information content (AvgIpc) is 2.68. The van der Waals surface area contributed by atoms with Crippen LogP contribution in [0.1, 0.15) is 50.3 Å². The number of benzene rings is 2. The third-order valence-corrected chi connectivity index (χ3v) is 5.79. The van der Waals surface area contributed by atoms with Crippen molar-refractivity contribution in [3.8, 4) is 5.75 Å². The maximum atomic E-state index is 13.6. The molecule has 2 aliphatic rings. The van der Waals surface area contributed by atoms with Gasteiger partial charge in [0.1, 0.15) is 11.4 Å². The summed E-state index contributed by atoms with van der Waals surface area (Å²) in [6.07, 6.45) is 2.16. The number of carbonyl (C=O) groups is 1. The fraction of sp³-hybridized carbons (Fsp3) is 0.435. The number of amides is 1. The third kappa shape index (κ3) is 3.46. The third-order valence-electron chi connectivity index (χ3n) is 5.79. The SMILES string of the molecule is CC1(C)CC(NC(=O)C2(c3ccccc3)CCOCC2)c2ccccc2O1. The lowest BCUT2D eigenvalue weighted by Crippen LogP contribution is -2.51. The Hall–Kier alpha value is -2.33. The van der Waals surface area contributed by atoms with Crippen LogP contribution < -0.4 is 10.1 Å². The van der Waals surface area contributed by atoms with E-state index < -0.39 is 5.41 Å². The summed E-state index contributed by atoms with van der Waals surface area (Å²) in [7, 11) is 0. The van der Waals surface area contributed by atoms with Crippen molar-refractivity contribution in [3.63, 3.8) is 0 Å². The minimum atomic E-state index is -0.531. The van der Waals surface area contributed by atoms with E-state index in [-0.39, 0.29) is 17.6 Å². The van der Waals surface area contributed by atoms with E-state index >= 15 is 0 Å². The summed E-state index contributed by atoms with van der Waals surface area (Å²) in [4.78, 5) is 13.6. The Bertz CT molecular complexity index is 809.